The van der Waals surface area contributed by atoms with E-state index in [-0.39, 0.29) is 18.0 Å². The largest absolute Gasteiger partial charge is 0.490 e. The second kappa shape index (κ2) is 12.9. The Labute approximate surface area is 254 Å². The minimum absolute atomic E-state index is 0.149. The minimum atomic E-state index is -0.670. The Balaban J connectivity index is 1.60. The van der Waals surface area contributed by atoms with E-state index in [0.717, 1.165) is 5.56 Å². The second-order valence-corrected chi connectivity index (χ2v) is 11.2. The van der Waals surface area contributed by atoms with Gasteiger partial charge < -0.3 is 14.2 Å². The summed E-state index contributed by atoms with van der Waals surface area (Å²) in [5, 5.41) is 0. The van der Waals surface area contributed by atoms with E-state index >= 15 is 0 Å². The van der Waals surface area contributed by atoms with E-state index in [1.165, 1.54) is 30.6 Å². The van der Waals surface area contributed by atoms with Gasteiger partial charge in [0.15, 0.2) is 16.3 Å². The predicted octanol–water partition coefficient (Wildman–Crippen LogP) is 5.68. The summed E-state index contributed by atoms with van der Waals surface area (Å²) in [6, 6.07) is 18.6. The monoisotopic (exact) mass is 650 g/mol. The van der Waals surface area contributed by atoms with Crippen LogP contribution in [0.2, 0.25) is 0 Å². The average Bonchev–Trinajstić information content (AvgIpc) is 3.30. The zero-order valence-electron chi connectivity index (χ0n) is 23.2. The molecule has 0 N–H and O–H groups in total. The van der Waals surface area contributed by atoms with Crippen molar-refractivity contribution in [2.24, 2.45) is 4.99 Å². The van der Waals surface area contributed by atoms with Crippen molar-refractivity contribution in [1.82, 2.24) is 4.57 Å². The maximum atomic E-state index is 13.9. The van der Waals surface area contributed by atoms with Gasteiger partial charge in [-0.3, -0.25) is 9.36 Å². The van der Waals surface area contributed by atoms with Crippen LogP contribution in [0, 0.1) is 5.82 Å². The van der Waals surface area contributed by atoms with E-state index in [1.54, 1.807) is 28.8 Å². The highest BCUT2D eigenvalue weighted by atomic mass is 79.9. The minimum Gasteiger partial charge on any atom is -0.490 e. The lowest BCUT2D eigenvalue weighted by Crippen LogP contribution is -2.40. The summed E-state index contributed by atoms with van der Waals surface area (Å²) in [6.45, 7) is 4.32. The van der Waals surface area contributed by atoms with Crippen LogP contribution in [0.3, 0.4) is 0 Å². The van der Waals surface area contributed by atoms with Gasteiger partial charge in [0.1, 0.15) is 12.4 Å². The number of hydrogen-bond acceptors (Lipinski definition) is 7. The molecule has 0 aliphatic carbocycles. The van der Waals surface area contributed by atoms with Crippen LogP contribution in [-0.2, 0) is 16.1 Å². The lowest BCUT2D eigenvalue weighted by molar-refractivity contribution is -0.136. The summed E-state index contributed by atoms with van der Waals surface area (Å²) in [6.07, 6.45) is 2.27. The van der Waals surface area contributed by atoms with Crippen LogP contribution in [0.1, 0.15) is 43.0 Å². The van der Waals surface area contributed by atoms with E-state index in [9.17, 15) is 14.0 Å². The van der Waals surface area contributed by atoms with Gasteiger partial charge in [-0.25, -0.2) is 14.2 Å². The third-order valence-electron chi connectivity index (χ3n) is 6.67. The molecule has 216 valence electrons. The van der Waals surface area contributed by atoms with Gasteiger partial charge >= 0.3 is 5.97 Å². The molecule has 0 spiro atoms. The lowest BCUT2D eigenvalue weighted by atomic mass is 9.95. The lowest BCUT2D eigenvalue weighted by Gasteiger charge is -2.25. The molecule has 42 heavy (non-hydrogen) atoms. The average molecular weight is 652 g/mol. The molecular formula is C32H28BrFN2O5S. The zero-order valence-corrected chi connectivity index (χ0v) is 25.6. The van der Waals surface area contributed by atoms with Gasteiger partial charge in [0.05, 0.1) is 40.0 Å². The van der Waals surface area contributed by atoms with E-state index < -0.39 is 12.0 Å². The first-order valence-corrected chi connectivity index (χ1v) is 15.0. The first-order valence-electron chi connectivity index (χ1n) is 13.4. The quantitative estimate of drug-likeness (QED) is 0.218. The topological polar surface area (TPSA) is 79.1 Å². The van der Waals surface area contributed by atoms with Gasteiger partial charge in [-0.15, -0.1) is 0 Å². The van der Waals surface area contributed by atoms with Crippen molar-refractivity contribution in [1.29, 1.82) is 0 Å². The molecule has 0 fully saturated rings. The third-order valence-corrected chi connectivity index (χ3v) is 8.24. The Morgan fingerprint density at radius 3 is 2.57 bits per heavy atom. The number of carbonyl (C=O) groups is 1. The van der Waals surface area contributed by atoms with Crippen molar-refractivity contribution in [3.05, 3.63) is 125 Å². The van der Waals surface area contributed by atoms with Gasteiger partial charge in [0.25, 0.3) is 5.56 Å². The number of benzene rings is 3. The summed E-state index contributed by atoms with van der Waals surface area (Å²) in [5.41, 5.74) is 2.83. The summed E-state index contributed by atoms with van der Waals surface area (Å²) >= 11 is 4.83. The molecule has 1 aliphatic heterocycles. The summed E-state index contributed by atoms with van der Waals surface area (Å²) in [4.78, 5) is 32.1. The van der Waals surface area contributed by atoms with Crippen molar-refractivity contribution in [3.8, 4) is 11.5 Å². The number of ether oxygens (including phenoxy) is 3. The first-order chi connectivity index (χ1) is 20.3. The van der Waals surface area contributed by atoms with Crippen molar-refractivity contribution in [2.75, 3.05) is 13.7 Å². The molecule has 4 aromatic rings. The number of halogens is 2. The highest BCUT2D eigenvalue weighted by Gasteiger charge is 2.33. The number of aromatic nitrogens is 1. The van der Waals surface area contributed by atoms with Gasteiger partial charge in [-0.1, -0.05) is 60.7 Å². The summed E-state index contributed by atoms with van der Waals surface area (Å²) in [5.74, 6) is 0.0962. The smallest absolute Gasteiger partial charge is 0.338 e. The Hall–Kier alpha value is -4.02. The van der Waals surface area contributed by atoms with Crippen LogP contribution in [0.25, 0.3) is 6.08 Å². The molecule has 1 aliphatic rings. The van der Waals surface area contributed by atoms with Crippen molar-refractivity contribution in [2.45, 2.75) is 32.9 Å². The van der Waals surface area contributed by atoms with Gasteiger partial charge in [0, 0.05) is 0 Å². The fourth-order valence-corrected chi connectivity index (χ4v) is 6.42. The molecule has 0 bridgehead atoms. The van der Waals surface area contributed by atoms with E-state index in [4.69, 9.17) is 19.2 Å². The van der Waals surface area contributed by atoms with Crippen LogP contribution in [0.15, 0.2) is 92.3 Å². The Kier molecular flexibility index (Phi) is 9.03. The molecule has 0 saturated heterocycles. The third kappa shape index (κ3) is 5.96. The molecule has 2 heterocycles. The maximum absolute atomic E-state index is 13.9. The Morgan fingerprint density at radius 2 is 1.88 bits per heavy atom. The number of esters is 1. The number of hydrogen-bond donors (Lipinski definition) is 0. The Morgan fingerprint density at radius 1 is 1.10 bits per heavy atom. The highest BCUT2D eigenvalue weighted by Crippen LogP contribution is 2.38. The highest BCUT2D eigenvalue weighted by molar-refractivity contribution is 9.10. The van der Waals surface area contributed by atoms with Gasteiger partial charge in [-0.2, -0.15) is 0 Å². The van der Waals surface area contributed by atoms with E-state index in [1.807, 2.05) is 50.2 Å². The standard InChI is InChI=1S/C32H28BrFN2O5S/c1-4-24-27(31(38)39-3)28(21-11-7-6-8-12-21)36-30(37)26(42-32(36)35-24)17-20-15-23(33)29(25(16-20)40-5-2)41-18-19-10-9-13-22(34)14-19/h6-17,28H,4-5,18H2,1-3H3/b26-17-/t28-/m0/s1. The molecule has 5 rings (SSSR count). The van der Waals surface area contributed by atoms with Crippen LogP contribution < -0.4 is 24.4 Å². The fourth-order valence-electron chi connectivity index (χ4n) is 4.82. The predicted molar refractivity (Wildman–Crippen MR) is 163 cm³/mol. The van der Waals surface area contributed by atoms with Crippen molar-refractivity contribution < 1.29 is 23.4 Å². The number of methoxy groups -OCH3 is 1. The van der Waals surface area contributed by atoms with Crippen LogP contribution in [-0.4, -0.2) is 24.3 Å². The maximum Gasteiger partial charge on any atom is 0.338 e. The number of rotatable bonds is 9. The van der Waals surface area contributed by atoms with Crippen LogP contribution in [0.4, 0.5) is 4.39 Å². The molecule has 0 unspecified atom stereocenters. The number of fused-ring (bicyclic) bond motifs is 1. The van der Waals surface area contributed by atoms with Crippen molar-refractivity contribution >= 4 is 39.3 Å². The normalized spacial score (nSPS) is 14.8. The van der Waals surface area contributed by atoms with E-state index in [0.29, 0.717) is 60.7 Å². The van der Waals surface area contributed by atoms with Crippen LogP contribution in [0.5, 0.6) is 11.5 Å². The molecule has 0 saturated carbocycles. The van der Waals surface area contributed by atoms with Gasteiger partial charge in [0.2, 0.25) is 0 Å². The first kappa shape index (κ1) is 29.5. The molecule has 3 aromatic carbocycles. The number of carbonyl (C=O) groups excluding carboxylic acids is 1. The molecule has 7 nitrogen and oxygen atoms in total. The molecule has 1 atom stereocenters. The Bertz CT molecular complexity index is 1850. The number of nitrogens with zero attached hydrogens (tertiary/aromatic N) is 2. The zero-order chi connectivity index (χ0) is 29.8. The number of allylic oxidation sites excluding steroid dienone is 1. The van der Waals surface area contributed by atoms with Crippen molar-refractivity contribution in [3.63, 3.8) is 0 Å². The SMILES string of the molecule is CCOc1cc(/C=c2\sc3n(c2=O)[C@@H](c2ccccc2)C(C(=O)OC)=C(CC)N=3)cc(Br)c1OCc1cccc(F)c1. The molecule has 1 aromatic heterocycles. The van der Waals surface area contributed by atoms with E-state index in [2.05, 4.69) is 15.9 Å². The van der Waals surface area contributed by atoms with Crippen LogP contribution >= 0.6 is 27.3 Å². The number of thiazole rings is 1. The fraction of sp³-hybridized carbons (Fsp3) is 0.219. The molecule has 0 amide bonds. The van der Waals surface area contributed by atoms with Gasteiger partial charge in [-0.05, 0) is 76.3 Å². The summed E-state index contributed by atoms with van der Waals surface area (Å²) in [7, 11) is 1.33. The molecule has 10 heteroatoms. The molecule has 0 radical (unpaired) electrons. The summed E-state index contributed by atoms with van der Waals surface area (Å²) < 4.78 is 33.3. The second-order valence-electron chi connectivity index (χ2n) is 9.38. The molecular weight excluding hydrogens is 623 g/mol.